The van der Waals surface area contributed by atoms with E-state index in [1.54, 1.807) is 31.4 Å². The summed E-state index contributed by atoms with van der Waals surface area (Å²) in [5.74, 6) is -0.691. The SMILES string of the molecule is CC(C(N)=O)C1=CC=CC=NN1. The van der Waals surface area contributed by atoms with Crippen LogP contribution in [0.2, 0.25) is 0 Å². The van der Waals surface area contributed by atoms with Gasteiger partial charge in [0.1, 0.15) is 0 Å². The van der Waals surface area contributed by atoms with Crippen molar-refractivity contribution >= 4 is 12.1 Å². The monoisotopic (exact) mass is 165 g/mol. The van der Waals surface area contributed by atoms with Crippen molar-refractivity contribution in [3.63, 3.8) is 0 Å². The fourth-order valence-electron chi connectivity index (χ4n) is 0.795. The number of carbonyl (C=O) groups excluding carboxylic acids is 1. The molecule has 0 aromatic carbocycles. The summed E-state index contributed by atoms with van der Waals surface area (Å²) in [6, 6.07) is 0. The van der Waals surface area contributed by atoms with Crippen LogP contribution < -0.4 is 11.2 Å². The predicted octanol–water partition coefficient (Wildman–Crippen LogP) is 0.137. The maximum Gasteiger partial charge on any atom is 0.226 e. The van der Waals surface area contributed by atoms with E-state index in [1.807, 2.05) is 0 Å². The molecular weight excluding hydrogens is 154 g/mol. The van der Waals surface area contributed by atoms with Gasteiger partial charge < -0.3 is 5.73 Å². The third-order valence-electron chi connectivity index (χ3n) is 1.63. The number of nitrogens with one attached hydrogen (secondary N) is 1. The molecule has 1 unspecified atom stereocenters. The highest BCUT2D eigenvalue weighted by molar-refractivity contribution is 5.79. The lowest BCUT2D eigenvalue weighted by Crippen LogP contribution is -2.26. The van der Waals surface area contributed by atoms with Gasteiger partial charge in [-0.15, -0.1) is 0 Å². The normalized spacial score (nSPS) is 17.6. The molecule has 0 bridgehead atoms. The predicted molar refractivity (Wildman–Crippen MR) is 47.2 cm³/mol. The topological polar surface area (TPSA) is 67.5 Å². The van der Waals surface area contributed by atoms with Crippen LogP contribution in [-0.4, -0.2) is 12.1 Å². The van der Waals surface area contributed by atoms with E-state index in [0.29, 0.717) is 5.70 Å². The largest absolute Gasteiger partial charge is 0.369 e. The summed E-state index contributed by atoms with van der Waals surface area (Å²) < 4.78 is 0. The fourth-order valence-corrected chi connectivity index (χ4v) is 0.795. The highest BCUT2D eigenvalue weighted by Crippen LogP contribution is 2.07. The average Bonchev–Trinajstić information content (AvgIpc) is 2.30. The molecule has 1 rings (SSSR count). The van der Waals surface area contributed by atoms with E-state index in [9.17, 15) is 4.79 Å². The van der Waals surface area contributed by atoms with Gasteiger partial charge in [-0.05, 0) is 19.1 Å². The minimum absolute atomic E-state index is 0.329. The molecule has 0 fully saturated rings. The fraction of sp³-hybridized carbons (Fsp3) is 0.250. The Balaban J connectivity index is 2.74. The van der Waals surface area contributed by atoms with Gasteiger partial charge in [0.2, 0.25) is 5.91 Å². The van der Waals surface area contributed by atoms with Crippen molar-refractivity contribution in [3.05, 3.63) is 23.9 Å². The first-order chi connectivity index (χ1) is 5.72. The number of hydrazone groups is 1. The van der Waals surface area contributed by atoms with E-state index in [0.717, 1.165) is 0 Å². The number of amides is 1. The second-order valence-corrected chi connectivity index (χ2v) is 2.52. The number of hydrogen-bond acceptors (Lipinski definition) is 3. The van der Waals surface area contributed by atoms with Crippen molar-refractivity contribution in [3.8, 4) is 0 Å². The molecular formula is C8H11N3O. The Bertz CT molecular complexity index is 265. The Morgan fingerprint density at radius 3 is 3.08 bits per heavy atom. The lowest BCUT2D eigenvalue weighted by Gasteiger charge is -2.09. The van der Waals surface area contributed by atoms with Crippen LogP contribution in [0, 0.1) is 5.92 Å². The average molecular weight is 165 g/mol. The minimum Gasteiger partial charge on any atom is -0.369 e. The molecule has 1 aliphatic rings. The van der Waals surface area contributed by atoms with E-state index in [2.05, 4.69) is 10.5 Å². The van der Waals surface area contributed by atoms with Crippen molar-refractivity contribution in [2.75, 3.05) is 0 Å². The molecule has 12 heavy (non-hydrogen) atoms. The van der Waals surface area contributed by atoms with Crippen molar-refractivity contribution in [2.24, 2.45) is 16.8 Å². The van der Waals surface area contributed by atoms with E-state index >= 15 is 0 Å². The molecule has 0 spiro atoms. The first-order valence-corrected chi connectivity index (χ1v) is 3.67. The second kappa shape index (κ2) is 3.71. The molecule has 64 valence electrons. The molecule has 1 heterocycles. The Morgan fingerprint density at radius 2 is 2.42 bits per heavy atom. The van der Waals surface area contributed by atoms with Crippen LogP contribution in [0.4, 0.5) is 0 Å². The van der Waals surface area contributed by atoms with E-state index in [4.69, 9.17) is 5.73 Å². The first kappa shape index (κ1) is 8.52. The molecule has 4 nitrogen and oxygen atoms in total. The molecule has 0 aliphatic carbocycles. The molecule has 0 saturated carbocycles. The summed E-state index contributed by atoms with van der Waals surface area (Å²) in [6.07, 6.45) is 6.96. The molecule has 0 aromatic heterocycles. The van der Waals surface area contributed by atoms with Gasteiger partial charge in [0.15, 0.2) is 0 Å². The van der Waals surface area contributed by atoms with Crippen LogP contribution in [0.15, 0.2) is 29.0 Å². The number of carbonyl (C=O) groups is 1. The van der Waals surface area contributed by atoms with Crippen LogP contribution in [0.3, 0.4) is 0 Å². The van der Waals surface area contributed by atoms with Crippen molar-refractivity contribution in [1.29, 1.82) is 0 Å². The van der Waals surface area contributed by atoms with Gasteiger partial charge in [0.25, 0.3) is 0 Å². The zero-order valence-corrected chi connectivity index (χ0v) is 6.82. The highest BCUT2D eigenvalue weighted by Gasteiger charge is 2.13. The lowest BCUT2D eigenvalue weighted by atomic mass is 10.1. The van der Waals surface area contributed by atoms with Crippen LogP contribution in [0.5, 0.6) is 0 Å². The van der Waals surface area contributed by atoms with E-state index < -0.39 is 0 Å². The molecule has 1 atom stereocenters. The van der Waals surface area contributed by atoms with Gasteiger partial charge >= 0.3 is 0 Å². The van der Waals surface area contributed by atoms with Gasteiger partial charge in [0.05, 0.1) is 5.92 Å². The maximum absolute atomic E-state index is 10.8. The zero-order valence-electron chi connectivity index (χ0n) is 6.82. The number of nitrogens with zero attached hydrogens (tertiary/aromatic N) is 1. The molecule has 3 N–H and O–H groups in total. The summed E-state index contributed by atoms with van der Waals surface area (Å²) in [5.41, 5.74) is 8.57. The number of nitrogens with two attached hydrogens (primary N) is 1. The van der Waals surface area contributed by atoms with Gasteiger partial charge in [0, 0.05) is 11.9 Å². The van der Waals surface area contributed by atoms with E-state index in [-0.39, 0.29) is 11.8 Å². The van der Waals surface area contributed by atoms with Gasteiger partial charge in [-0.1, -0.05) is 6.08 Å². The van der Waals surface area contributed by atoms with Crippen molar-refractivity contribution in [2.45, 2.75) is 6.92 Å². The molecule has 4 heteroatoms. The highest BCUT2D eigenvalue weighted by atomic mass is 16.1. The van der Waals surface area contributed by atoms with Crippen LogP contribution in [-0.2, 0) is 4.79 Å². The molecule has 0 radical (unpaired) electrons. The van der Waals surface area contributed by atoms with Crippen LogP contribution >= 0.6 is 0 Å². The van der Waals surface area contributed by atoms with Gasteiger partial charge in [-0.25, -0.2) is 0 Å². The smallest absolute Gasteiger partial charge is 0.226 e. The van der Waals surface area contributed by atoms with Crippen LogP contribution in [0.1, 0.15) is 6.92 Å². The second-order valence-electron chi connectivity index (χ2n) is 2.52. The summed E-state index contributed by atoms with van der Waals surface area (Å²) in [4.78, 5) is 10.8. The van der Waals surface area contributed by atoms with Gasteiger partial charge in [-0.3, -0.25) is 10.2 Å². The summed E-state index contributed by atoms with van der Waals surface area (Å²) in [7, 11) is 0. The lowest BCUT2D eigenvalue weighted by molar-refractivity contribution is -0.120. The Hall–Kier alpha value is -1.58. The maximum atomic E-state index is 10.8. The Kier molecular flexibility index (Phi) is 2.63. The van der Waals surface area contributed by atoms with E-state index in [1.165, 1.54) is 0 Å². The Labute approximate surface area is 70.8 Å². The number of rotatable bonds is 2. The van der Waals surface area contributed by atoms with Crippen molar-refractivity contribution < 1.29 is 4.79 Å². The standard InChI is InChI=1S/C8H11N3O/c1-6(8(9)12)7-4-2-3-5-10-11-7/h2-6,11H,1H3,(H2,9,12). The number of hydrogen-bond donors (Lipinski definition) is 2. The summed E-state index contributed by atoms with van der Waals surface area (Å²) in [5, 5.41) is 3.82. The number of primary amides is 1. The molecule has 0 aromatic rings. The third-order valence-corrected chi connectivity index (χ3v) is 1.63. The zero-order chi connectivity index (χ0) is 8.97. The quantitative estimate of drug-likeness (QED) is 0.611. The minimum atomic E-state index is -0.362. The van der Waals surface area contributed by atoms with Crippen molar-refractivity contribution in [1.82, 2.24) is 5.43 Å². The Morgan fingerprint density at radius 1 is 1.67 bits per heavy atom. The molecule has 1 amide bonds. The molecule has 1 aliphatic heterocycles. The molecule has 0 saturated heterocycles. The van der Waals surface area contributed by atoms with Gasteiger partial charge in [-0.2, -0.15) is 5.10 Å². The third kappa shape index (κ3) is 1.95. The summed E-state index contributed by atoms with van der Waals surface area (Å²) >= 11 is 0. The number of allylic oxidation sites excluding steroid dienone is 3. The van der Waals surface area contributed by atoms with Crippen LogP contribution in [0.25, 0.3) is 0 Å². The summed E-state index contributed by atoms with van der Waals surface area (Å²) in [6.45, 7) is 1.73. The first-order valence-electron chi connectivity index (χ1n) is 3.67.